The lowest BCUT2D eigenvalue weighted by atomic mass is 9.98. The van der Waals surface area contributed by atoms with E-state index >= 15 is 0 Å². The number of guanidine groups is 1. The lowest BCUT2D eigenvalue weighted by Gasteiger charge is -2.39. The molecule has 7 nitrogen and oxygen atoms in total. The number of hydrogen-bond acceptors (Lipinski definition) is 5. The number of pyridine rings is 1. The van der Waals surface area contributed by atoms with Crippen molar-refractivity contribution in [3.63, 3.8) is 0 Å². The van der Waals surface area contributed by atoms with Gasteiger partial charge in [0.15, 0.2) is 15.8 Å². The summed E-state index contributed by atoms with van der Waals surface area (Å²) in [6, 6.07) is 3.92. The number of aliphatic imine (C=N–C) groups is 1. The van der Waals surface area contributed by atoms with Crippen molar-refractivity contribution in [1.82, 2.24) is 15.2 Å². The average Bonchev–Trinajstić information content (AvgIpc) is 2.69. The van der Waals surface area contributed by atoms with Crippen molar-refractivity contribution in [2.24, 2.45) is 4.99 Å². The van der Waals surface area contributed by atoms with E-state index in [1.165, 1.54) is 19.3 Å². The number of rotatable bonds is 5. The van der Waals surface area contributed by atoms with Gasteiger partial charge in [0.05, 0.1) is 17.0 Å². The largest absolute Gasteiger partial charge is 0.474 e. The van der Waals surface area contributed by atoms with E-state index in [-0.39, 0.29) is 5.75 Å². The third kappa shape index (κ3) is 5.62. The molecule has 1 saturated heterocycles. The molecule has 1 aliphatic carbocycles. The molecule has 162 valence electrons. The Morgan fingerprint density at radius 1 is 1.31 bits per heavy atom. The zero-order valence-corrected chi connectivity index (χ0v) is 18.7. The molecule has 1 N–H and O–H groups in total. The lowest BCUT2D eigenvalue weighted by molar-refractivity contribution is 0.148. The molecule has 1 saturated carbocycles. The number of nitrogens with zero attached hydrogens (tertiary/aromatic N) is 3. The molecule has 2 aliphatic rings. The summed E-state index contributed by atoms with van der Waals surface area (Å²) in [4.78, 5) is 11.2. The van der Waals surface area contributed by atoms with Gasteiger partial charge in [-0.25, -0.2) is 18.4 Å². The fraction of sp³-hybridized carbons (Fsp3) is 0.714. The Morgan fingerprint density at radius 2 is 2.07 bits per heavy atom. The van der Waals surface area contributed by atoms with Crippen LogP contribution in [0.2, 0.25) is 0 Å². The molecular formula is C21H34N4O3S. The zero-order valence-electron chi connectivity index (χ0n) is 17.9. The summed E-state index contributed by atoms with van der Waals surface area (Å²) in [7, 11) is -3.07. The maximum Gasteiger partial charge on any atom is 0.213 e. The van der Waals surface area contributed by atoms with Crippen LogP contribution >= 0.6 is 0 Å². The first-order valence-electron chi connectivity index (χ1n) is 10.7. The molecule has 0 unspecified atom stereocenters. The summed E-state index contributed by atoms with van der Waals surface area (Å²) < 4.78 is 29.8. The van der Waals surface area contributed by atoms with Crippen LogP contribution < -0.4 is 10.1 Å². The van der Waals surface area contributed by atoms with Crippen LogP contribution in [0.4, 0.5) is 0 Å². The molecule has 1 aromatic rings. The molecule has 29 heavy (non-hydrogen) atoms. The molecule has 0 bridgehead atoms. The van der Waals surface area contributed by atoms with E-state index in [0.29, 0.717) is 31.6 Å². The van der Waals surface area contributed by atoms with Gasteiger partial charge in [0.1, 0.15) is 6.10 Å². The minimum atomic E-state index is -3.07. The monoisotopic (exact) mass is 422 g/mol. The van der Waals surface area contributed by atoms with Gasteiger partial charge in [-0.15, -0.1) is 0 Å². The maximum atomic E-state index is 12.3. The molecule has 8 heteroatoms. The molecule has 3 rings (SSSR count). The second-order valence-electron chi connectivity index (χ2n) is 8.55. The van der Waals surface area contributed by atoms with Gasteiger partial charge in [0.2, 0.25) is 5.88 Å². The van der Waals surface area contributed by atoms with Crippen LogP contribution in [0.5, 0.6) is 5.88 Å². The van der Waals surface area contributed by atoms with Crippen molar-refractivity contribution in [3.8, 4) is 5.88 Å². The predicted molar refractivity (Wildman–Crippen MR) is 116 cm³/mol. The van der Waals surface area contributed by atoms with Gasteiger partial charge in [0, 0.05) is 31.9 Å². The van der Waals surface area contributed by atoms with Gasteiger partial charge >= 0.3 is 0 Å². The molecule has 2 fully saturated rings. The highest BCUT2D eigenvalue weighted by Crippen LogP contribution is 2.24. The van der Waals surface area contributed by atoms with E-state index in [0.717, 1.165) is 30.9 Å². The third-order valence-corrected chi connectivity index (χ3v) is 8.26. The van der Waals surface area contributed by atoms with E-state index in [1.807, 2.05) is 30.2 Å². The van der Waals surface area contributed by atoms with Gasteiger partial charge in [-0.1, -0.05) is 12.5 Å². The van der Waals surface area contributed by atoms with Crippen LogP contribution in [0.15, 0.2) is 23.3 Å². The number of sulfone groups is 1. The first kappa shape index (κ1) is 21.9. The second-order valence-corrected chi connectivity index (χ2v) is 11.3. The van der Waals surface area contributed by atoms with Crippen LogP contribution in [-0.4, -0.2) is 60.5 Å². The Morgan fingerprint density at radius 3 is 2.69 bits per heavy atom. The molecule has 1 aliphatic heterocycles. The van der Waals surface area contributed by atoms with Crippen molar-refractivity contribution < 1.29 is 13.2 Å². The smallest absolute Gasteiger partial charge is 0.213 e. The van der Waals surface area contributed by atoms with Gasteiger partial charge < -0.3 is 15.0 Å². The normalized spacial score (nSPS) is 22.3. The quantitative estimate of drug-likeness (QED) is 0.580. The Bertz CT molecular complexity index is 800. The van der Waals surface area contributed by atoms with Gasteiger partial charge in [-0.3, -0.25) is 0 Å². The Balaban J connectivity index is 1.62. The number of hydrogen-bond donors (Lipinski definition) is 1. The molecule has 0 spiro atoms. The fourth-order valence-electron chi connectivity index (χ4n) is 3.84. The molecular weight excluding hydrogens is 388 g/mol. The summed E-state index contributed by atoms with van der Waals surface area (Å²) in [6.07, 6.45) is 8.11. The first-order chi connectivity index (χ1) is 13.8. The van der Waals surface area contributed by atoms with E-state index < -0.39 is 14.6 Å². The van der Waals surface area contributed by atoms with E-state index in [1.54, 1.807) is 13.8 Å². The van der Waals surface area contributed by atoms with Crippen LogP contribution in [-0.2, 0) is 16.4 Å². The predicted octanol–water partition coefficient (Wildman–Crippen LogP) is 2.77. The van der Waals surface area contributed by atoms with Crippen LogP contribution in [0, 0.1) is 0 Å². The molecule has 0 radical (unpaired) electrons. The summed E-state index contributed by atoms with van der Waals surface area (Å²) >= 11 is 0. The first-order valence-corrected chi connectivity index (χ1v) is 12.3. The summed E-state index contributed by atoms with van der Waals surface area (Å²) in [5, 5.41) is 3.29. The Kier molecular flexibility index (Phi) is 7.03. The van der Waals surface area contributed by atoms with Gasteiger partial charge in [-0.05, 0) is 52.0 Å². The summed E-state index contributed by atoms with van der Waals surface area (Å²) in [6.45, 7) is 7.70. The highest BCUT2D eigenvalue weighted by Gasteiger charge is 2.40. The fourth-order valence-corrected chi connectivity index (χ4v) is 5.21. The van der Waals surface area contributed by atoms with Crippen LogP contribution in [0.1, 0.15) is 58.4 Å². The molecule has 1 aromatic heterocycles. The Hall–Kier alpha value is -1.83. The van der Waals surface area contributed by atoms with E-state index in [2.05, 4.69) is 10.3 Å². The maximum absolute atomic E-state index is 12.3. The average molecular weight is 423 g/mol. The van der Waals surface area contributed by atoms with Crippen LogP contribution in [0.25, 0.3) is 0 Å². The third-order valence-electron chi connectivity index (χ3n) is 5.73. The van der Waals surface area contributed by atoms with Crippen molar-refractivity contribution in [2.75, 3.05) is 25.4 Å². The topological polar surface area (TPSA) is 83.9 Å². The van der Waals surface area contributed by atoms with Crippen molar-refractivity contribution in [3.05, 3.63) is 23.9 Å². The summed E-state index contributed by atoms with van der Waals surface area (Å²) in [5.41, 5.74) is 1.00. The van der Waals surface area contributed by atoms with Crippen molar-refractivity contribution >= 4 is 15.8 Å². The SMILES string of the molecule is CCNC(=NCc1ccc(OC2CCCCC2)nc1)N1CCS(=O)(=O)C(C)(C)C1. The van der Waals surface area contributed by atoms with Gasteiger partial charge in [-0.2, -0.15) is 0 Å². The minimum absolute atomic E-state index is 0.152. The highest BCUT2D eigenvalue weighted by atomic mass is 32.2. The van der Waals surface area contributed by atoms with Crippen molar-refractivity contribution in [2.45, 2.75) is 70.3 Å². The minimum Gasteiger partial charge on any atom is -0.474 e. The second kappa shape index (κ2) is 9.32. The molecule has 0 atom stereocenters. The Labute approximate surface area is 174 Å². The number of nitrogens with one attached hydrogen (secondary N) is 1. The summed E-state index contributed by atoms with van der Waals surface area (Å²) in [5.74, 6) is 1.58. The van der Waals surface area contributed by atoms with Crippen molar-refractivity contribution in [1.29, 1.82) is 0 Å². The molecule has 0 aromatic carbocycles. The standard InChI is InChI=1S/C21H34N4O3S/c1-4-22-20(25-12-13-29(26,27)21(2,3)16-25)24-15-17-10-11-19(23-14-17)28-18-8-6-5-7-9-18/h10-11,14,18H,4-9,12-13,15-16H2,1-3H3,(H,22,24). The zero-order chi connectivity index (χ0) is 20.9. The van der Waals surface area contributed by atoms with Crippen LogP contribution in [0.3, 0.4) is 0 Å². The van der Waals surface area contributed by atoms with E-state index in [9.17, 15) is 8.42 Å². The molecule has 0 amide bonds. The number of ether oxygens (including phenoxy) is 1. The van der Waals surface area contributed by atoms with Gasteiger partial charge in [0.25, 0.3) is 0 Å². The lowest BCUT2D eigenvalue weighted by Crippen LogP contribution is -2.57. The molecule has 2 heterocycles. The van der Waals surface area contributed by atoms with E-state index in [4.69, 9.17) is 9.73 Å². The number of aromatic nitrogens is 1. The highest BCUT2D eigenvalue weighted by molar-refractivity contribution is 7.92.